The molecule has 1 unspecified atom stereocenters. The average Bonchev–Trinajstić information content (AvgIpc) is 3.01. The van der Waals surface area contributed by atoms with E-state index in [9.17, 15) is 9.90 Å². The van der Waals surface area contributed by atoms with E-state index >= 15 is 0 Å². The number of rotatable bonds is 0. The Morgan fingerprint density at radius 1 is 1.39 bits per heavy atom. The average molecular weight is 248 g/mol. The van der Waals surface area contributed by atoms with Crippen LogP contribution in [0.4, 0.5) is 0 Å². The highest BCUT2D eigenvalue weighted by atomic mass is 16.6. The van der Waals surface area contributed by atoms with Crippen LogP contribution in [0.15, 0.2) is 11.6 Å². The van der Waals surface area contributed by atoms with Gasteiger partial charge >= 0.3 is 5.97 Å². The maximum atomic E-state index is 12.2. The van der Waals surface area contributed by atoms with Crippen LogP contribution in [-0.4, -0.2) is 22.8 Å². The van der Waals surface area contributed by atoms with Crippen LogP contribution < -0.4 is 0 Å². The lowest BCUT2D eigenvalue weighted by molar-refractivity contribution is -0.150. The van der Waals surface area contributed by atoms with Gasteiger partial charge in [-0.2, -0.15) is 0 Å². The molecule has 0 aromatic heterocycles. The third kappa shape index (κ3) is 1.16. The quantitative estimate of drug-likeness (QED) is 0.528. The Morgan fingerprint density at radius 2 is 2.17 bits per heavy atom. The molecule has 1 saturated heterocycles. The molecule has 98 valence electrons. The van der Waals surface area contributed by atoms with Crippen molar-refractivity contribution in [3.05, 3.63) is 11.6 Å². The van der Waals surface area contributed by atoms with Gasteiger partial charge in [0, 0.05) is 17.8 Å². The van der Waals surface area contributed by atoms with Crippen LogP contribution in [-0.2, 0) is 9.53 Å². The summed E-state index contributed by atoms with van der Waals surface area (Å²) in [6.45, 7) is 2.09. The topological polar surface area (TPSA) is 46.5 Å². The van der Waals surface area contributed by atoms with Crippen LogP contribution in [0.25, 0.3) is 0 Å². The van der Waals surface area contributed by atoms with Crippen molar-refractivity contribution in [2.45, 2.75) is 57.2 Å². The first-order valence-electron chi connectivity index (χ1n) is 7.18. The SMILES string of the molecule is C[C@@]12CC=C3[C@@H](O)CCC[C@@H](C(=O)O1)C2C31CC1. The van der Waals surface area contributed by atoms with E-state index in [0.29, 0.717) is 5.92 Å². The van der Waals surface area contributed by atoms with Crippen molar-refractivity contribution in [3.63, 3.8) is 0 Å². The Morgan fingerprint density at radius 3 is 2.89 bits per heavy atom. The van der Waals surface area contributed by atoms with Gasteiger partial charge in [-0.25, -0.2) is 0 Å². The summed E-state index contributed by atoms with van der Waals surface area (Å²) in [5.74, 6) is 0.404. The minimum absolute atomic E-state index is 0.0137. The Labute approximate surface area is 107 Å². The Hall–Kier alpha value is -0.830. The molecule has 2 saturated carbocycles. The van der Waals surface area contributed by atoms with Crippen molar-refractivity contribution in [3.8, 4) is 0 Å². The Bertz CT molecular complexity index is 449. The van der Waals surface area contributed by atoms with Crippen LogP contribution in [0.3, 0.4) is 0 Å². The van der Waals surface area contributed by atoms with E-state index < -0.39 is 0 Å². The molecule has 0 aromatic rings. The van der Waals surface area contributed by atoms with Crippen molar-refractivity contribution in [2.75, 3.05) is 0 Å². The van der Waals surface area contributed by atoms with E-state index in [4.69, 9.17) is 4.74 Å². The molecule has 1 aliphatic heterocycles. The van der Waals surface area contributed by atoms with Crippen LogP contribution in [0.5, 0.6) is 0 Å². The normalized spacial score (nSPS) is 48.2. The fourth-order valence-corrected chi connectivity index (χ4v) is 4.94. The highest BCUT2D eigenvalue weighted by Gasteiger charge is 2.68. The number of esters is 1. The van der Waals surface area contributed by atoms with E-state index in [1.165, 1.54) is 5.57 Å². The lowest BCUT2D eigenvalue weighted by atomic mass is 9.60. The molecule has 3 fully saturated rings. The second-order valence-corrected chi connectivity index (χ2v) is 6.78. The maximum absolute atomic E-state index is 12.2. The highest BCUT2D eigenvalue weighted by molar-refractivity contribution is 5.77. The van der Waals surface area contributed by atoms with Gasteiger partial charge in [-0.3, -0.25) is 4.79 Å². The zero-order valence-corrected chi connectivity index (χ0v) is 10.8. The van der Waals surface area contributed by atoms with Crippen molar-refractivity contribution in [1.82, 2.24) is 0 Å². The molecule has 18 heavy (non-hydrogen) atoms. The van der Waals surface area contributed by atoms with Crippen molar-refractivity contribution >= 4 is 5.97 Å². The second kappa shape index (κ2) is 3.19. The summed E-state index contributed by atoms with van der Waals surface area (Å²) in [7, 11) is 0. The summed E-state index contributed by atoms with van der Waals surface area (Å²) in [5.41, 5.74) is 1.02. The number of aliphatic hydroxyl groups is 1. The number of carbonyl (C=O) groups excluding carboxylic acids is 1. The molecule has 3 nitrogen and oxygen atoms in total. The van der Waals surface area contributed by atoms with Crippen molar-refractivity contribution in [1.29, 1.82) is 0 Å². The van der Waals surface area contributed by atoms with Crippen LogP contribution in [0, 0.1) is 17.3 Å². The van der Waals surface area contributed by atoms with E-state index in [-0.39, 0.29) is 29.0 Å². The van der Waals surface area contributed by atoms with E-state index in [2.05, 4.69) is 13.0 Å². The molecule has 0 aromatic carbocycles. The smallest absolute Gasteiger partial charge is 0.309 e. The molecule has 0 radical (unpaired) electrons. The first-order valence-corrected chi connectivity index (χ1v) is 7.18. The van der Waals surface area contributed by atoms with Crippen LogP contribution in [0.1, 0.15) is 45.4 Å². The fraction of sp³-hybridized carbons (Fsp3) is 0.800. The third-order valence-corrected chi connectivity index (χ3v) is 5.73. The second-order valence-electron chi connectivity index (χ2n) is 6.78. The highest BCUT2D eigenvalue weighted by Crippen LogP contribution is 2.69. The molecular weight excluding hydrogens is 228 g/mol. The first-order chi connectivity index (χ1) is 8.57. The van der Waals surface area contributed by atoms with Gasteiger partial charge in [0.25, 0.3) is 0 Å². The Kier molecular flexibility index (Phi) is 1.95. The molecule has 3 aliphatic carbocycles. The summed E-state index contributed by atoms with van der Waals surface area (Å²) in [4.78, 5) is 12.2. The molecular formula is C15H20O3. The number of carbonyl (C=O) groups is 1. The zero-order chi connectivity index (χ0) is 12.5. The molecule has 3 heteroatoms. The fourth-order valence-electron chi connectivity index (χ4n) is 4.94. The summed E-state index contributed by atoms with van der Waals surface area (Å²) in [5, 5.41) is 10.3. The van der Waals surface area contributed by atoms with Gasteiger partial charge in [-0.05, 0) is 44.6 Å². The molecule has 1 spiro atoms. The first kappa shape index (κ1) is 11.0. The van der Waals surface area contributed by atoms with E-state index in [1.807, 2.05) is 0 Å². The summed E-state index contributed by atoms with van der Waals surface area (Å²) < 4.78 is 5.74. The van der Waals surface area contributed by atoms with Gasteiger partial charge in [0.15, 0.2) is 0 Å². The van der Waals surface area contributed by atoms with Gasteiger partial charge in [0.1, 0.15) is 5.60 Å². The molecule has 0 amide bonds. The molecule has 4 rings (SSSR count). The summed E-state index contributed by atoms with van der Waals surface area (Å²) in [6.07, 6.45) is 7.57. The zero-order valence-electron chi connectivity index (χ0n) is 10.8. The van der Waals surface area contributed by atoms with Gasteiger partial charge in [-0.1, -0.05) is 6.08 Å². The monoisotopic (exact) mass is 248 g/mol. The van der Waals surface area contributed by atoms with Crippen molar-refractivity contribution in [2.24, 2.45) is 17.3 Å². The summed E-state index contributed by atoms with van der Waals surface area (Å²) >= 11 is 0. The van der Waals surface area contributed by atoms with Gasteiger partial charge in [-0.15, -0.1) is 0 Å². The lowest BCUT2D eigenvalue weighted by Gasteiger charge is -2.44. The molecule has 1 heterocycles. The van der Waals surface area contributed by atoms with Gasteiger partial charge < -0.3 is 9.84 Å². The Balaban J connectivity index is 1.87. The van der Waals surface area contributed by atoms with Gasteiger partial charge in [0.05, 0.1) is 12.0 Å². The predicted octanol–water partition coefficient (Wildman–Crippen LogP) is 2.19. The van der Waals surface area contributed by atoms with Crippen molar-refractivity contribution < 1.29 is 14.6 Å². The standard InChI is InChI=1S/C15H20O3/c1-14-6-5-10-11(16)4-2-3-9(13(17)18-14)12(14)15(10)7-8-15/h5,9,11-12,16H,2-4,6-8H2,1H3/t9-,11+,12?,14+/m1/s1. The number of ether oxygens (including phenoxy) is 1. The largest absolute Gasteiger partial charge is 0.458 e. The van der Waals surface area contributed by atoms with Crippen LogP contribution in [0.2, 0.25) is 0 Å². The van der Waals surface area contributed by atoms with Gasteiger partial charge in [0.2, 0.25) is 0 Å². The molecule has 4 atom stereocenters. The van der Waals surface area contributed by atoms with E-state index in [0.717, 1.165) is 38.5 Å². The van der Waals surface area contributed by atoms with Crippen LogP contribution >= 0.6 is 0 Å². The number of hydrogen-bond acceptors (Lipinski definition) is 3. The number of hydrogen-bond donors (Lipinski definition) is 1. The summed E-state index contributed by atoms with van der Waals surface area (Å²) in [6, 6.07) is 0. The minimum atomic E-state index is -0.307. The van der Waals surface area contributed by atoms with E-state index in [1.54, 1.807) is 0 Å². The predicted molar refractivity (Wildman–Crippen MR) is 65.7 cm³/mol. The minimum Gasteiger partial charge on any atom is -0.458 e. The lowest BCUT2D eigenvalue weighted by Crippen LogP contribution is -2.46. The number of aliphatic hydroxyl groups excluding tert-OH is 1. The molecule has 1 N–H and O–H groups in total. The molecule has 4 aliphatic rings. The maximum Gasteiger partial charge on any atom is 0.309 e. The molecule has 2 bridgehead atoms. The third-order valence-electron chi connectivity index (χ3n) is 5.73.